The molecule has 14 heavy (non-hydrogen) atoms. The summed E-state index contributed by atoms with van der Waals surface area (Å²) in [6, 6.07) is 0. The second kappa shape index (κ2) is 6.40. The van der Waals surface area contributed by atoms with E-state index in [1.54, 1.807) is 13.8 Å². The lowest BCUT2D eigenvalue weighted by Crippen LogP contribution is -2.39. The van der Waals surface area contributed by atoms with Crippen molar-refractivity contribution >= 4 is 11.8 Å². The molecule has 0 spiro atoms. The molecule has 0 heterocycles. The van der Waals surface area contributed by atoms with Gasteiger partial charge in [0, 0.05) is 24.9 Å². The topological polar surface area (TPSA) is 58.2 Å². The van der Waals surface area contributed by atoms with Crippen molar-refractivity contribution in [3.63, 3.8) is 0 Å². The number of carbonyl (C=O) groups excluding carboxylic acids is 2. The van der Waals surface area contributed by atoms with Crippen LogP contribution in [0.4, 0.5) is 0 Å². The van der Waals surface area contributed by atoms with E-state index in [0.29, 0.717) is 13.1 Å². The van der Waals surface area contributed by atoms with Gasteiger partial charge in [-0.05, 0) is 13.8 Å². The van der Waals surface area contributed by atoms with Gasteiger partial charge in [0.2, 0.25) is 11.8 Å². The highest BCUT2D eigenvalue weighted by molar-refractivity contribution is 5.87. The number of nitrogens with one attached hydrogen (secondary N) is 2. The molecular weight excluding hydrogens is 180 g/mol. The van der Waals surface area contributed by atoms with E-state index in [0.717, 1.165) is 0 Å². The van der Waals surface area contributed by atoms with Crippen molar-refractivity contribution in [1.82, 2.24) is 10.6 Å². The summed E-state index contributed by atoms with van der Waals surface area (Å²) in [5.74, 6) is -0.680. The first-order chi connectivity index (χ1) is 6.54. The zero-order chi connectivity index (χ0) is 11.1. The molecule has 0 aliphatic rings. The molecule has 0 aromatic carbocycles. The Morgan fingerprint density at radius 3 is 1.43 bits per heavy atom. The van der Waals surface area contributed by atoms with Crippen LogP contribution in [-0.4, -0.2) is 24.9 Å². The van der Waals surface area contributed by atoms with Crippen molar-refractivity contribution in [3.8, 4) is 0 Å². The Balaban J connectivity index is 4.16. The summed E-state index contributed by atoms with van der Waals surface area (Å²) in [5, 5.41) is 5.41. The number of hydrogen-bond acceptors (Lipinski definition) is 2. The summed E-state index contributed by atoms with van der Waals surface area (Å²) in [7, 11) is 0. The summed E-state index contributed by atoms with van der Waals surface area (Å²) < 4.78 is 0. The van der Waals surface area contributed by atoms with Crippen LogP contribution in [0.15, 0.2) is 0 Å². The third-order valence-electron chi connectivity index (χ3n) is 2.28. The Bertz CT molecular complexity index is 182. The first kappa shape index (κ1) is 12.9. The van der Waals surface area contributed by atoms with Crippen molar-refractivity contribution < 1.29 is 9.59 Å². The van der Waals surface area contributed by atoms with Crippen LogP contribution in [0.3, 0.4) is 0 Å². The van der Waals surface area contributed by atoms with Gasteiger partial charge in [-0.3, -0.25) is 9.59 Å². The van der Waals surface area contributed by atoms with Crippen LogP contribution in [0.5, 0.6) is 0 Å². The van der Waals surface area contributed by atoms with Crippen LogP contribution >= 0.6 is 0 Å². The van der Waals surface area contributed by atoms with Gasteiger partial charge in [-0.2, -0.15) is 0 Å². The minimum atomic E-state index is -0.276. The molecule has 0 aromatic heterocycles. The first-order valence-corrected chi connectivity index (χ1v) is 5.09. The Hall–Kier alpha value is -1.06. The fraction of sp³-hybridized carbons (Fsp3) is 0.800. The Morgan fingerprint density at radius 2 is 1.21 bits per heavy atom. The zero-order valence-corrected chi connectivity index (χ0v) is 9.39. The molecule has 0 saturated carbocycles. The normalized spacial score (nSPS) is 14.3. The van der Waals surface area contributed by atoms with Gasteiger partial charge in [-0.1, -0.05) is 13.8 Å². The van der Waals surface area contributed by atoms with E-state index in [4.69, 9.17) is 0 Å². The Morgan fingerprint density at radius 1 is 0.929 bits per heavy atom. The van der Waals surface area contributed by atoms with Gasteiger partial charge in [0.15, 0.2) is 0 Å². The molecule has 82 valence electrons. The highest BCUT2D eigenvalue weighted by Crippen LogP contribution is 2.10. The van der Waals surface area contributed by atoms with Crippen LogP contribution in [0.25, 0.3) is 0 Å². The van der Waals surface area contributed by atoms with Crippen LogP contribution in [-0.2, 0) is 9.59 Å². The zero-order valence-electron chi connectivity index (χ0n) is 9.39. The molecule has 4 nitrogen and oxygen atoms in total. The minimum Gasteiger partial charge on any atom is -0.356 e. The largest absolute Gasteiger partial charge is 0.356 e. The lowest BCUT2D eigenvalue weighted by molar-refractivity contribution is -0.133. The van der Waals surface area contributed by atoms with Gasteiger partial charge in [-0.25, -0.2) is 0 Å². The average Bonchev–Trinajstić information content (AvgIpc) is 2.16. The van der Waals surface area contributed by atoms with Crippen LogP contribution < -0.4 is 10.6 Å². The standard InChI is InChI=1S/C10H20N2O2/c1-5-11-9(13)7(3)8(4)10(14)12-6-2/h7-8H,5-6H2,1-4H3,(H,11,13)(H,12,14). The molecule has 0 aliphatic carbocycles. The van der Waals surface area contributed by atoms with Gasteiger partial charge in [0.1, 0.15) is 0 Å². The van der Waals surface area contributed by atoms with Gasteiger partial charge in [-0.15, -0.1) is 0 Å². The number of amides is 2. The SMILES string of the molecule is CCNC(=O)C(C)C(C)C(=O)NCC. The van der Waals surface area contributed by atoms with E-state index >= 15 is 0 Å². The van der Waals surface area contributed by atoms with Crippen LogP contribution in [0, 0.1) is 11.8 Å². The predicted octanol–water partition coefficient (Wildman–Crippen LogP) is 0.531. The fourth-order valence-electron chi connectivity index (χ4n) is 1.12. The molecule has 0 rings (SSSR count). The summed E-state index contributed by atoms with van der Waals surface area (Å²) in [6.45, 7) is 8.47. The van der Waals surface area contributed by atoms with Gasteiger partial charge < -0.3 is 10.6 Å². The summed E-state index contributed by atoms with van der Waals surface area (Å²) in [5.41, 5.74) is 0. The minimum absolute atomic E-state index is 0.0637. The molecule has 2 N–H and O–H groups in total. The maximum absolute atomic E-state index is 11.4. The summed E-state index contributed by atoms with van der Waals surface area (Å²) in [4.78, 5) is 22.8. The smallest absolute Gasteiger partial charge is 0.223 e. The molecule has 0 fully saturated rings. The lowest BCUT2D eigenvalue weighted by Gasteiger charge is -2.18. The summed E-state index contributed by atoms with van der Waals surface area (Å²) in [6.07, 6.45) is 0. The fourth-order valence-corrected chi connectivity index (χ4v) is 1.12. The Labute approximate surface area is 85.4 Å². The Kier molecular flexibility index (Phi) is 5.92. The highest BCUT2D eigenvalue weighted by atomic mass is 16.2. The third-order valence-corrected chi connectivity index (χ3v) is 2.28. The van der Waals surface area contributed by atoms with E-state index in [1.807, 2.05) is 13.8 Å². The monoisotopic (exact) mass is 200 g/mol. The van der Waals surface area contributed by atoms with Gasteiger partial charge in [0.25, 0.3) is 0 Å². The molecule has 4 heteroatoms. The van der Waals surface area contributed by atoms with E-state index in [2.05, 4.69) is 10.6 Å². The van der Waals surface area contributed by atoms with Crippen molar-refractivity contribution in [1.29, 1.82) is 0 Å². The number of hydrogen-bond donors (Lipinski definition) is 2. The maximum atomic E-state index is 11.4. The molecule has 2 atom stereocenters. The predicted molar refractivity (Wildman–Crippen MR) is 55.7 cm³/mol. The van der Waals surface area contributed by atoms with Crippen molar-refractivity contribution in [2.24, 2.45) is 11.8 Å². The van der Waals surface area contributed by atoms with E-state index in [1.165, 1.54) is 0 Å². The maximum Gasteiger partial charge on any atom is 0.223 e. The number of rotatable bonds is 5. The molecule has 0 radical (unpaired) electrons. The highest BCUT2D eigenvalue weighted by Gasteiger charge is 2.24. The van der Waals surface area contributed by atoms with Crippen LogP contribution in [0.1, 0.15) is 27.7 Å². The first-order valence-electron chi connectivity index (χ1n) is 5.09. The van der Waals surface area contributed by atoms with E-state index in [9.17, 15) is 9.59 Å². The van der Waals surface area contributed by atoms with E-state index < -0.39 is 0 Å². The third kappa shape index (κ3) is 3.77. The molecular formula is C10H20N2O2. The summed E-state index contributed by atoms with van der Waals surface area (Å²) >= 11 is 0. The van der Waals surface area contributed by atoms with Crippen molar-refractivity contribution in [2.75, 3.05) is 13.1 Å². The van der Waals surface area contributed by atoms with Crippen LogP contribution in [0.2, 0.25) is 0 Å². The number of carbonyl (C=O) groups is 2. The van der Waals surface area contributed by atoms with Gasteiger partial charge in [0.05, 0.1) is 0 Å². The molecule has 2 amide bonds. The average molecular weight is 200 g/mol. The van der Waals surface area contributed by atoms with Gasteiger partial charge >= 0.3 is 0 Å². The molecule has 2 unspecified atom stereocenters. The molecule has 0 bridgehead atoms. The molecule has 0 aromatic rings. The molecule has 0 saturated heterocycles. The van der Waals surface area contributed by atoms with E-state index in [-0.39, 0.29) is 23.7 Å². The molecule has 0 aliphatic heterocycles. The second-order valence-corrected chi connectivity index (χ2v) is 3.37. The lowest BCUT2D eigenvalue weighted by atomic mass is 9.94. The quantitative estimate of drug-likeness (QED) is 0.680. The second-order valence-electron chi connectivity index (χ2n) is 3.37. The van der Waals surface area contributed by atoms with Crippen molar-refractivity contribution in [3.05, 3.63) is 0 Å². The van der Waals surface area contributed by atoms with Crippen molar-refractivity contribution in [2.45, 2.75) is 27.7 Å².